The number of anilines is 1. The maximum absolute atomic E-state index is 10.6. The Kier molecular flexibility index (Phi) is 2.53. The summed E-state index contributed by atoms with van der Waals surface area (Å²) in [7, 11) is 0. The molecule has 0 fully saturated rings. The van der Waals surface area contributed by atoms with Crippen LogP contribution in [-0.4, -0.2) is 5.91 Å². The van der Waals surface area contributed by atoms with E-state index in [4.69, 9.17) is 0 Å². The number of nitrogens with zero attached hydrogens (tertiary/aromatic N) is 1. The van der Waals surface area contributed by atoms with Gasteiger partial charge in [-0.25, -0.2) is 0 Å². The highest BCUT2D eigenvalue weighted by Gasteiger charge is 2.01. The van der Waals surface area contributed by atoms with Gasteiger partial charge in [0.05, 0.1) is 5.69 Å². The molecule has 0 saturated heterocycles. The van der Waals surface area contributed by atoms with Gasteiger partial charge in [0, 0.05) is 6.92 Å². The molecule has 0 aromatic heterocycles. The summed E-state index contributed by atoms with van der Waals surface area (Å²) in [5.41, 5.74) is 0.688. The minimum atomic E-state index is -0.217. The maximum atomic E-state index is 10.6. The van der Waals surface area contributed by atoms with Crippen LogP contribution in [0.15, 0.2) is 29.4 Å². The van der Waals surface area contributed by atoms with E-state index >= 15 is 0 Å². The van der Waals surface area contributed by atoms with Gasteiger partial charge in [-0.1, -0.05) is 12.1 Å². The molecule has 12 heavy (non-hydrogen) atoms. The summed E-state index contributed by atoms with van der Waals surface area (Å²) < 4.78 is 0. The van der Waals surface area contributed by atoms with Crippen LogP contribution in [0.3, 0.4) is 0 Å². The van der Waals surface area contributed by atoms with E-state index in [0.29, 0.717) is 5.69 Å². The topological polar surface area (TPSA) is 58.5 Å². The second-order valence-electron chi connectivity index (χ2n) is 2.29. The van der Waals surface area contributed by atoms with Crippen molar-refractivity contribution in [2.75, 3.05) is 5.32 Å². The van der Waals surface area contributed by atoms with Gasteiger partial charge in [0.15, 0.2) is 0 Å². The molecule has 0 atom stereocenters. The molecule has 1 aromatic rings. The molecule has 1 N–H and O–H groups in total. The number of para-hydroxylation sites is 1. The fraction of sp³-hybridized carbons (Fsp3) is 0.125. The summed E-state index contributed by atoms with van der Waals surface area (Å²) >= 11 is 0. The molecular formula is C8H8N2O2. The van der Waals surface area contributed by atoms with E-state index in [0.717, 1.165) is 0 Å². The number of nitroso groups, excluding NO2 is 1. The molecule has 4 nitrogen and oxygen atoms in total. The van der Waals surface area contributed by atoms with E-state index in [1.54, 1.807) is 18.2 Å². The summed E-state index contributed by atoms with van der Waals surface area (Å²) in [5.74, 6) is -0.217. The number of carbonyl (C=O) groups is 1. The highest BCUT2D eigenvalue weighted by atomic mass is 16.3. The van der Waals surface area contributed by atoms with E-state index in [2.05, 4.69) is 10.5 Å². The number of hydrogen-bond acceptors (Lipinski definition) is 3. The first kappa shape index (κ1) is 8.39. The van der Waals surface area contributed by atoms with Crippen molar-refractivity contribution in [2.45, 2.75) is 6.92 Å². The van der Waals surface area contributed by atoms with Crippen LogP contribution in [0.4, 0.5) is 11.4 Å². The molecule has 0 aliphatic heterocycles. The normalized spacial score (nSPS) is 9.08. The van der Waals surface area contributed by atoms with E-state index in [1.165, 1.54) is 13.0 Å². The average molecular weight is 164 g/mol. The van der Waals surface area contributed by atoms with Crippen LogP contribution in [-0.2, 0) is 4.79 Å². The molecule has 4 heteroatoms. The average Bonchev–Trinajstić information content (AvgIpc) is 2.04. The first-order valence-corrected chi connectivity index (χ1v) is 3.44. The minimum absolute atomic E-state index is 0.217. The van der Waals surface area contributed by atoms with Crippen LogP contribution < -0.4 is 5.32 Å². The van der Waals surface area contributed by atoms with Gasteiger partial charge in [-0.05, 0) is 17.3 Å². The van der Waals surface area contributed by atoms with Crippen molar-refractivity contribution in [3.8, 4) is 0 Å². The zero-order valence-corrected chi connectivity index (χ0v) is 6.57. The summed E-state index contributed by atoms with van der Waals surface area (Å²) in [6.07, 6.45) is 0. The standard InChI is InChI=1S/C8H8N2O2/c1-6(11)9-7-4-2-3-5-8(7)10-12/h2-5H,1H3,(H,9,11). The molecule has 0 heterocycles. The lowest BCUT2D eigenvalue weighted by Crippen LogP contribution is -2.05. The second kappa shape index (κ2) is 3.61. The molecule has 1 aromatic carbocycles. The molecule has 0 unspecified atom stereocenters. The van der Waals surface area contributed by atoms with E-state index in [9.17, 15) is 9.70 Å². The molecule has 0 spiro atoms. The molecule has 1 rings (SSSR count). The van der Waals surface area contributed by atoms with Crippen LogP contribution in [0.1, 0.15) is 6.92 Å². The molecule has 0 aliphatic carbocycles. The van der Waals surface area contributed by atoms with Crippen LogP contribution in [0, 0.1) is 4.91 Å². The fourth-order valence-electron chi connectivity index (χ4n) is 0.849. The van der Waals surface area contributed by atoms with Gasteiger partial charge in [0.1, 0.15) is 5.69 Å². The first-order chi connectivity index (χ1) is 5.74. The van der Waals surface area contributed by atoms with Crippen molar-refractivity contribution < 1.29 is 4.79 Å². The van der Waals surface area contributed by atoms with Crippen molar-refractivity contribution in [3.05, 3.63) is 29.2 Å². The second-order valence-corrected chi connectivity index (χ2v) is 2.29. The lowest BCUT2D eigenvalue weighted by molar-refractivity contribution is -0.114. The number of amides is 1. The number of benzene rings is 1. The molecule has 0 bridgehead atoms. The molecule has 62 valence electrons. The Morgan fingerprint density at radius 2 is 2.08 bits per heavy atom. The summed E-state index contributed by atoms with van der Waals surface area (Å²) in [6.45, 7) is 1.38. The monoisotopic (exact) mass is 164 g/mol. The van der Waals surface area contributed by atoms with Crippen molar-refractivity contribution in [3.63, 3.8) is 0 Å². The van der Waals surface area contributed by atoms with Gasteiger partial charge in [-0.3, -0.25) is 4.79 Å². The lowest BCUT2D eigenvalue weighted by atomic mass is 10.3. The first-order valence-electron chi connectivity index (χ1n) is 3.44. The van der Waals surface area contributed by atoms with Crippen LogP contribution in [0.25, 0.3) is 0 Å². The Balaban J connectivity index is 2.96. The molecule has 0 radical (unpaired) electrons. The quantitative estimate of drug-likeness (QED) is 0.680. The van der Waals surface area contributed by atoms with Crippen molar-refractivity contribution in [2.24, 2.45) is 5.18 Å². The lowest BCUT2D eigenvalue weighted by Gasteiger charge is -2.01. The zero-order valence-electron chi connectivity index (χ0n) is 6.57. The minimum Gasteiger partial charge on any atom is -0.324 e. The van der Waals surface area contributed by atoms with Gasteiger partial charge in [0.25, 0.3) is 0 Å². The van der Waals surface area contributed by atoms with Gasteiger partial charge >= 0.3 is 0 Å². The highest BCUT2D eigenvalue weighted by Crippen LogP contribution is 2.23. The predicted molar refractivity (Wildman–Crippen MR) is 46.2 cm³/mol. The largest absolute Gasteiger partial charge is 0.324 e. The van der Waals surface area contributed by atoms with Gasteiger partial charge in [-0.15, -0.1) is 4.91 Å². The van der Waals surface area contributed by atoms with Gasteiger partial charge in [0.2, 0.25) is 5.91 Å². The third-order valence-corrected chi connectivity index (χ3v) is 1.31. The highest BCUT2D eigenvalue weighted by molar-refractivity contribution is 5.91. The number of nitrogens with one attached hydrogen (secondary N) is 1. The Hall–Kier alpha value is -1.71. The van der Waals surface area contributed by atoms with Gasteiger partial charge in [-0.2, -0.15) is 0 Å². The number of carbonyl (C=O) groups excluding carboxylic acids is 1. The van der Waals surface area contributed by atoms with E-state index in [-0.39, 0.29) is 11.6 Å². The fourth-order valence-corrected chi connectivity index (χ4v) is 0.849. The summed E-state index contributed by atoms with van der Waals surface area (Å²) in [6, 6.07) is 6.57. The Morgan fingerprint density at radius 3 is 2.67 bits per heavy atom. The van der Waals surface area contributed by atoms with Crippen molar-refractivity contribution in [1.29, 1.82) is 0 Å². The Morgan fingerprint density at radius 1 is 1.42 bits per heavy atom. The molecular weight excluding hydrogens is 156 g/mol. The SMILES string of the molecule is CC(=O)Nc1ccccc1N=O. The number of hydrogen-bond donors (Lipinski definition) is 1. The van der Waals surface area contributed by atoms with E-state index in [1.807, 2.05) is 0 Å². The number of rotatable bonds is 2. The van der Waals surface area contributed by atoms with Crippen molar-refractivity contribution >= 4 is 17.3 Å². The van der Waals surface area contributed by atoms with E-state index < -0.39 is 0 Å². The molecule has 0 saturated carbocycles. The van der Waals surface area contributed by atoms with Crippen LogP contribution in [0.5, 0.6) is 0 Å². The van der Waals surface area contributed by atoms with Crippen molar-refractivity contribution in [1.82, 2.24) is 0 Å². The third kappa shape index (κ3) is 1.88. The van der Waals surface area contributed by atoms with Crippen LogP contribution >= 0.6 is 0 Å². The van der Waals surface area contributed by atoms with Gasteiger partial charge < -0.3 is 5.32 Å². The third-order valence-electron chi connectivity index (χ3n) is 1.31. The predicted octanol–water partition coefficient (Wildman–Crippen LogP) is 2.04. The summed E-state index contributed by atoms with van der Waals surface area (Å²) in [5, 5.41) is 5.25. The van der Waals surface area contributed by atoms with Crippen LogP contribution in [0.2, 0.25) is 0 Å². The zero-order chi connectivity index (χ0) is 8.97. The molecule has 0 aliphatic rings. The Bertz CT molecular complexity index is 310. The smallest absolute Gasteiger partial charge is 0.221 e. The molecule has 1 amide bonds. The Labute approximate surface area is 69.6 Å². The summed E-state index contributed by atoms with van der Waals surface area (Å²) in [4.78, 5) is 20.8. The maximum Gasteiger partial charge on any atom is 0.221 e.